The van der Waals surface area contributed by atoms with Crippen LogP contribution in [0.4, 0.5) is 0 Å². The number of halogens is 1. The van der Waals surface area contributed by atoms with Crippen LogP contribution >= 0.6 is 11.6 Å². The van der Waals surface area contributed by atoms with Gasteiger partial charge in [0.2, 0.25) is 0 Å². The molecule has 0 aromatic heterocycles. The molecule has 102 valence electrons. The average molecular weight is 289 g/mol. The second-order valence-corrected chi connectivity index (χ2v) is 5.10. The van der Waals surface area contributed by atoms with Gasteiger partial charge in [-0.25, -0.2) is 0 Å². The first-order valence-corrected chi connectivity index (χ1v) is 6.79. The van der Waals surface area contributed by atoms with E-state index in [1.54, 1.807) is 6.07 Å². The highest BCUT2D eigenvalue weighted by Crippen LogP contribution is 2.29. The molecule has 3 rings (SSSR count). The first-order chi connectivity index (χ1) is 9.70. The number of esters is 1. The van der Waals surface area contributed by atoms with E-state index in [0.717, 1.165) is 16.9 Å². The number of hydrogen-bond donors (Lipinski definition) is 0. The molecule has 3 nitrogen and oxygen atoms in total. The molecule has 0 fully saturated rings. The van der Waals surface area contributed by atoms with Crippen molar-refractivity contribution in [2.24, 2.45) is 0 Å². The third-order valence-electron chi connectivity index (χ3n) is 3.17. The molecule has 2 aromatic rings. The number of carbonyl (C=O) groups is 1. The van der Waals surface area contributed by atoms with E-state index >= 15 is 0 Å². The van der Waals surface area contributed by atoms with Gasteiger partial charge in [-0.3, -0.25) is 4.79 Å². The number of ether oxygens (including phenoxy) is 2. The Morgan fingerprint density at radius 3 is 2.70 bits per heavy atom. The fourth-order valence-corrected chi connectivity index (χ4v) is 2.22. The summed E-state index contributed by atoms with van der Waals surface area (Å²) in [5, 5.41) is 0.712. The maximum absolute atomic E-state index is 11.2. The Bertz CT molecular complexity index is 635. The van der Waals surface area contributed by atoms with Gasteiger partial charge in [0.25, 0.3) is 0 Å². The first kappa shape index (κ1) is 13.0. The molecule has 4 heteroatoms. The maximum atomic E-state index is 11.2. The van der Waals surface area contributed by atoms with E-state index in [4.69, 9.17) is 21.1 Å². The Hall–Kier alpha value is -2.00. The van der Waals surface area contributed by atoms with E-state index < -0.39 is 0 Å². The monoisotopic (exact) mass is 288 g/mol. The van der Waals surface area contributed by atoms with Crippen molar-refractivity contribution in [1.29, 1.82) is 0 Å². The van der Waals surface area contributed by atoms with Crippen molar-refractivity contribution in [3.05, 3.63) is 58.6 Å². The second-order valence-electron chi connectivity index (χ2n) is 4.66. The molecule has 0 N–H and O–H groups in total. The van der Waals surface area contributed by atoms with E-state index in [0.29, 0.717) is 30.2 Å². The quantitative estimate of drug-likeness (QED) is 0.637. The van der Waals surface area contributed by atoms with Crippen molar-refractivity contribution in [2.45, 2.75) is 19.4 Å². The zero-order valence-electron chi connectivity index (χ0n) is 10.8. The van der Waals surface area contributed by atoms with E-state index in [-0.39, 0.29) is 5.97 Å². The Labute approximate surface area is 122 Å². The summed E-state index contributed by atoms with van der Waals surface area (Å²) in [7, 11) is 0. The van der Waals surface area contributed by atoms with Crippen LogP contribution in [0.25, 0.3) is 0 Å². The number of fused-ring (bicyclic) bond motifs is 1. The van der Waals surface area contributed by atoms with Gasteiger partial charge in [-0.15, -0.1) is 0 Å². The number of carbonyl (C=O) groups excluding carboxylic acids is 1. The Balaban J connectivity index is 1.69. The number of rotatable bonds is 3. The molecule has 0 radical (unpaired) electrons. The summed E-state index contributed by atoms with van der Waals surface area (Å²) in [6, 6.07) is 13.1. The molecule has 2 aromatic carbocycles. The molecular formula is C16H13ClO3. The minimum atomic E-state index is -0.174. The third kappa shape index (κ3) is 2.94. The van der Waals surface area contributed by atoms with Gasteiger partial charge in [0.15, 0.2) is 0 Å². The predicted octanol–water partition coefficient (Wildman–Crippen LogP) is 3.77. The van der Waals surface area contributed by atoms with E-state index in [1.165, 1.54) is 0 Å². The molecule has 0 saturated carbocycles. The van der Waals surface area contributed by atoms with Gasteiger partial charge in [0.1, 0.15) is 18.1 Å². The van der Waals surface area contributed by atoms with Crippen molar-refractivity contribution < 1.29 is 14.3 Å². The highest BCUT2D eigenvalue weighted by atomic mass is 35.5. The minimum Gasteiger partial charge on any atom is -0.489 e. The summed E-state index contributed by atoms with van der Waals surface area (Å²) in [4.78, 5) is 11.2. The van der Waals surface area contributed by atoms with E-state index in [2.05, 4.69) is 0 Å². The summed E-state index contributed by atoms with van der Waals surface area (Å²) >= 11 is 5.84. The minimum absolute atomic E-state index is 0.174. The molecule has 0 amide bonds. The summed E-state index contributed by atoms with van der Waals surface area (Å²) in [6.45, 7) is 0.482. The fraction of sp³-hybridized carbons (Fsp3) is 0.188. The summed E-state index contributed by atoms with van der Waals surface area (Å²) in [6.07, 6.45) is 1.12. The standard InChI is InChI=1S/C16H13ClO3/c17-13-4-1-11(2-5-13)10-19-14-6-7-15-12(9-14)3-8-16(18)20-15/h1-2,4-7,9H,3,8,10H2. The van der Waals surface area contributed by atoms with Gasteiger partial charge in [-0.1, -0.05) is 23.7 Å². The van der Waals surface area contributed by atoms with Gasteiger partial charge >= 0.3 is 5.97 Å². The molecule has 0 saturated heterocycles. The van der Waals surface area contributed by atoms with Gasteiger partial charge in [-0.2, -0.15) is 0 Å². The van der Waals surface area contributed by atoms with Crippen molar-refractivity contribution in [2.75, 3.05) is 0 Å². The van der Waals surface area contributed by atoms with Gasteiger partial charge in [-0.05, 0) is 47.9 Å². The molecule has 20 heavy (non-hydrogen) atoms. The Morgan fingerprint density at radius 2 is 1.90 bits per heavy atom. The van der Waals surface area contributed by atoms with E-state index in [9.17, 15) is 4.79 Å². The Kier molecular flexibility index (Phi) is 3.61. The lowest BCUT2D eigenvalue weighted by Crippen LogP contribution is -2.15. The van der Waals surface area contributed by atoms with Gasteiger partial charge < -0.3 is 9.47 Å². The van der Waals surface area contributed by atoms with Crippen molar-refractivity contribution in [1.82, 2.24) is 0 Å². The van der Waals surface area contributed by atoms with Gasteiger partial charge in [0.05, 0.1) is 6.42 Å². The molecular weight excluding hydrogens is 276 g/mol. The zero-order valence-corrected chi connectivity index (χ0v) is 11.5. The van der Waals surface area contributed by atoms with Crippen LogP contribution in [0.5, 0.6) is 11.5 Å². The number of hydrogen-bond acceptors (Lipinski definition) is 3. The van der Waals surface area contributed by atoms with Gasteiger partial charge in [0, 0.05) is 5.02 Å². The highest BCUT2D eigenvalue weighted by molar-refractivity contribution is 6.30. The van der Waals surface area contributed by atoms with Crippen molar-refractivity contribution >= 4 is 17.6 Å². The van der Waals surface area contributed by atoms with Crippen molar-refractivity contribution in [3.63, 3.8) is 0 Å². The van der Waals surface area contributed by atoms with Crippen LogP contribution in [0.3, 0.4) is 0 Å². The Morgan fingerprint density at radius 1 is 1.10 bits per heavy atom. The lowest BCUT2D eigenvalue weighted by atomic mass is 10.1. The molecule has 0 spiro atoms. The largest absolute Gasteiger partial charge is 0.489 e. The van der Waals surface area contributed by atoms with Crippen LogP contribution in [0.1, 0.15) is 17.5 Å². The molecule has 0 unspecified atom stereocenters. The van der Waals surface area contributed by atoms with Crippen LogP contribution < -0.4 is 9.47 Å². The molecule has 1 aliphatic rings. The average Bonchev–Trinajstić information content (AvgIpc) is 2.46. The zero-order chi connectivity index (χ0) is 13.9. The summed E-state index contributed by atoms with van der Waals surface area (Å²) in [5.74, 6) is 1.24. The lowest BCUT2D eigenvalue weighted by molar-refractivity contribution is -0.135. The molecule has 0 atom stereocenters. The smallest absolute Gasteiger partial charge is 0.311 e. The predicted molar refractivity (Wildman–Crippen MR) is 76.2 cm³/mol. The fourth-order valence-electron chi connectivity index (χ4n) is 2.10. The lowest BCUT2D eigenvalue weighted by Gasteiger charge is -2.16. The van der Waals surface area contributed by atoms with Crippen LogP contribution in [0.2, 0.25) is 5.02 Å². The topological polar surface area (TPSA) is 35.5 Å². The molecule has 1 heterocycles. The molecule has 0 bridgehead atoms. The first-order valence-electron chi connectivity index (χ1n) is 6.41. The van der Waals surface area contributed by atoms with Crippen molar-refractivity contribution in [3.8, 4) is 11.5 Å². The van der Waals surface area contributed by atoms with E-state index in [1.807, 2.05) is 36.4 Å². The van der Waals surface area contributed by atoms with Crippen LogP contribution in [0.15, 0.2) is 42.5 Å². The van der Waals surface area contributed by atoms with Crippen LogP contribution in [0, 0.1) is 0 Å². The molecule has 1 aliphatic heterocycles. The number of benzene rings is 2. The SMILES string of the molecule is O=C1CCc2cc(OCc3ccc(Cl)cc3)ccc2O1. The summed E-state index contributed by atoms with van der Waals surface area (Å²) in [5.41, 5.74) is 2.07. The summed E-state index contributed by atoms with van der Waals surface area (Å²) < 4.78 is 10.9. The third-order valence-corrected chi connectivity index (χ3v) is 3.42. The number of aryl methyl sites for hydroxylation is 1. The molecule has 0 aliphatic carbocycles. The van der Waals surface area contributed by atoms with Crippen LogP contribution in [-0.4, -0.2) is 5.97 Å². The highest BCUT2D eigenvalue weighted by Gasteiger charge is 2.17. The van der Waals surface area contributed by atoms with Crippen LogP contribution in [-0.2, 0) is 17.8 Å². The normalized spacial score (nSPS) is 13.6. The maximum Gasteiger partial charge on any atom is 0.311 e. The second kappa shape index (κ2) is 5.55.